The van der Waals surface area contributed by atoms with E-state index < -0.39 is 0 Å². The highest BCUT2D eigenvalue weighted by Crippen LogP contribution is 2.27. The maximum atomic E-state index is 12.4. The second-order valence-corrected chi connectivity index (χ2v) is 7.08. The van der Waals surface area contributed by atoms with E-state index in [4.69, 9.17) is 4.74 Å². The van der Waals surface area contributed by atoms with Gasteiger partial charge in [0.15, 0.2) is 6.54 Å². The zero-order valence-electron chi connectivity index (χ0n) is 16.4. The molecule has 1 aliphatic heterocycles. The topological polar surface area (TPSA) is 49.3 Å². The van der Waals surface area contributed by atoms with Crippen molar-refractivity contribution >= 4 is 23.0 Å². The van der Waals surface area contributed by atoms with Crippen LogP contribution < -0.4 is 24.8 Å². The van der Waals surface area contributed by atoms with Gasteiger partial charge in [-0.25, -0.2) is 0 Å². The van der Waals surface area contributed by atoms with Crippen LogP contribution >= 0.6 is 0 Å². The normalized spacial score (nSPS) is 14.7. The van der Waals surface area contributed by atoms with Gasteiger partial charge in [0.05, 0.1) is 39.0 Å². The summed E-state index contributed by atoms with van der Waals surface area (Å²) in [4.78, 5) is 18.1. The lowest BCUT2D eigenvalue weighted by Crippen LogP contribution is -3.15. The minimum Gasteiger partial charge on any atom is -0.495 e. The molecule has 1 aliphatic rings. The van der Waals surface area contributed by atoms with Gasteiger partial charge in [-0.2, -0.15) is 0 Å². The fourth-order valence-corrected chi connectivity index (χ4v) is 3.41. The highest BCUT2D eigenvalue weighted by Gasteiger charge is 2.23. The first-order chi connectivity index (χ1) is 13.1. The van der Waals surface area contributed by atoms with Gasteiger partial charge >= 0.3 is 0 Å². The summed E-state index contributed by atoms with van der Waals surface area (Å²) in [7, 11) is 5.71. The quantitative estimate of drug-likeness (QED) is 0.801. The number of anilines is 3. The van der Waals surface area contributed by atoms with Crippen LogP contribution in [0, 0.1) is 0 Å². The van der Waals surface area contributed by atoms with Crippen molar-refractivity contribution in [3.8, 4) is 5.75 Å². The van der Waals surface area contributed by atoms with E-state index in [1.54, 1.807) is 7.11 Å². The number of carbonyl (C=O) groups excluding carboxylic acids is 1. The predicted molar refractivity (Wildman–Crippen MR) is 110 cm³/mol. The number of ether oxygens (including phenoxy) is 1. The molecule has 0 spiro atoms. The highest BCUT2D eigenvalue weighted by atomic mass is 16.5. The first-order valence-corrected chi connectivity index (χ1v) is 9.35. The highest BCUT2D eigenvalue weighted by molar-refractivity contribution is 5.91. The summed E-state index contributed by atoms with van der Waals surface area (Å²) in [5.74, 6) is 0.966. The molecule has 1 heterocycles. The van der Waals surface area contributed by atoms with Crippen LogP contribution in [0.15, 0.2) is 48.5 Å². The summed E-state index contributed by atoms with van der Waals surface area (Å²) in [6.07, 6.45) is 0. The Morgan fingerprint density at radius 1 is 1.11 bits per heavy atom. The molecular formula is C21H29N4O2+. The van der Waals surface area contributed by atoms with E-state index >= 15 is 0 Å². The SMILES string of the molecule is COc1ccccc1N1CC[NH+](CC(=O)Nc2ccc(N(C)C)cc2)CC1. The summed E-state index contributed by atoms with van der Waals surface area (Å²) in [6.45, 7) is 4.20. The Morgan fingerprint density at radius 2 is 1.78 bits per heavy atom. The lowest BCUT2D eigenvalue weighted by molar-refractivity contribution is -0.892. The van der Waals surface area contributed by atoms with E-state index in [1.807, 2.05) is 61.5 Å². The van der Waals surface area contributed by atoms with Gasteiger partial charge in [-0.1, -0.05) is 12.1 Å². The van der Waals surface area contributed by atoms with Gasteiger partial charge in [0.2, 0.25) is 0 Å². The first kappa shape index (κ1) is 19.0. The second kappa shape index (κ2) is 8.77. The number of methoxy groups -OCH3 is 1. The number of nitrogens with one attached hydrogen (secondary N) is 2. The zero-order chi connectivity index (χ0) is 19.2. The summed E-state index contributed by atoms with van der Waals surface area (Å²) < 4.78 is 5.46. The average molecular weight is 369 g/mol. The Bertz CT molecular complexity index is 753. The number of nitrogens with zero attached hydrogens (tertiary/aromatic N) is 2. The molecule has 1 saturated heterocycles. The Balaban J connectivity index is 1.49. The van der Waals surface area contributed by atoms with E-state index in [-0.39, 0.29) is 5.91 Å². The van der Waals surface area contributed by atoms with E-state index in [2.05, 4.69) is 16.3 Å². The molecule has 0 aliphatic carbocycles. The first-order valence-electron chi connectivity index (χ1n) is 9.35. The van der Waals surface area contributed by atoms with Gasteiger partial charge in [-0.15, -0.1) is 0 Å². The number of amides is 1. The van der Waals surface area contributed by atoms with Crippen LogP contribution in [0.3, 0.4) is 0 Å². The van der Waals surface area contributed by atoms with Gasteiger partial charge in [-0.3, -0.25) is 4.79 Å². The molecular weight excluding hydrogens is 340 g/mol. The molecule has 0 unspecified atom stereocenters. The Kier molecular flexibility index (Phi) is 6.19. The number of para-hydroxylation sites is 2. The van der Waals surface area contributed by atoms with Gasteiger partial charge < -0.3 is 24.8 Å². The largest absolute Gasteiger partial charge is 0.495 e. The number of carbonyl (C=O) groups is 1. The number of benzene rings is 2. The fraction of sp³-hybridized carbons (Fsp3) is 0.381. The minimum absolute atomic E-state index is 0.0633. The van der Waals surface area contributed by atoms with Crippen LogP contribution in [0.2, 0.25) is 0 Å². The van der Waals surface area contributed by atoms with Gasteiger partial charge in [0, 0.05) is 25.5 Å². The molecule has 3 rings (SSSR count). The van der Waals surface area contributed by atoms with E-state index in [9.17, 15) is 4.79 Å². The molecule has 2 aromatic rings. The van der Waals surface area contributed by atoms with Crippen molar-refractivity contribution in [2.24, 2.45) is 0 Å². The van der Waals surface area contributed by atoms with Gasteiger partial charge in [0.25, 0.3) is 5.91 Å². The van der Waals surface area contributed by atoms with Crippen LogP contribution in [0.25, 0.3) is 0 Å². The molecule has 0 radical (unpaired) electrons. The Morgan fingerprint density at radius 3 is 2.41 bits per heavy atom. The van der Waals surface area contributed by atoms with E-state index in [0.29, 0.717) is 6.54 Å². The summed E-state index contributed by atoms with van der Waals surface area (Å²) in [6, 6.07) is 16.0. The van der Waals surface area contributed by atoms with Crippen molar-refractivity contribution < 1.29 is 14.4 Å². The van der Waals surface area contributed by atoms with Crippen LogP contribution in [0.5, 0.6) is 5.75 Å². The van der Waals surface area contributed by atoms with Crippen molar-refractivity contribution in [3.05, 3.63) is 48.5 Å². The van der Waals surface area contributed by atoms with Crippen LogP contribution in [-0.4, -0.2) is 59.8 Å². The molecule has 6 heteroatoms. The molecule has 2 aromatic carbocycles. The molecule has 0 atom stereocenters. The number of piperazine rings is 1. The molecule has 1 amide bonds. The molecule has 6 nitrogen and oxygen atoms in total. The third-order valence-electron chi connectivity index (χ3n) is 4.97. The molecule has 2 N–H and O–H groups in total. The van der Waals surface area contributed by atoms with Crippen molar-refractivity contribution in [2.75, 3.05) is 69.0 Å². The maximum Gasteiger partial charge on any atom is 0.279 e. The van der Waals surface area contributed by atoms with Crippen LogP contribution in [0.1, 0.15) is 0 Å². The molecule has 0 aromatic heterocycles. The van der Waals surface area contributed by atoms with Crippen molar-refractivity contribution in [2.45, 2.75) is 0 Å². The van der Waals surface area contributed by atoms with Gasteiger partial charge in [0.1, 0.15) is 5.75 Å². The summed E-state index contributed by atoms with van der Waals surface area (Å²) in [5, 5.41) is 3.00. The molecule has 0 bridgehead atoms. The lowest BCUT2D eigenvalue weighted by atomic mass is 10.2. The smallest absolute Gasteiger partial charge is 0.279 e. The second-order valence-electron chi connectivity index (χ2n) is 7.08. The molecule has 0 saturated carbocycles. The minimum atomic E-state index is 0.0633. The lowest BCUT2D eigenvalue weighted by Gasteiger charge is -2.34. The fourth-order valence-electron chi connectivity index (χ4n) is 3.41. The monoisotopic (exact) mass is 369 g/mol. The van der Waals surface area contributed by atoms with Crippen molar-refractivity contribution in [1.29, 1.82) is 0 Å². The standard InChI is InChI=1S/C21H28N4O2/c1-23(2)18-10-8-17(9-11-18)22-21(26)16-24-12-14-25(15-13-24)19-6-4-5-7-20(19)27-3/h4-11H,12-16H2,1-3H3,(H,22,26)/p+1. The number of rotatable bonds is 6. The van der Waals surface area contributed by atoms with E-state index in [1.165, 1.54) is 4.90 Å². The van der Waals surface area contributed by atoms with Crippen LogP contribution in [-0.2, 0) is 4.79 Å². The number of quaternary nitrogens is 1. The third-order valence-corrected chi connectivity index (χ3v) is 4.97. The van der Waals surface area contributed by atoms with Gasteiger partial charge in [-0.05, 0) is 36.4 Å². The Labute approximate surface area is 161 Å². The van der Waals surface area contributed by atoms with E-state index in [0.717, 1.165) is 49.0 Å². The average Bonchev–Trinajstić information content (AvgIpc) is 2.69. The Hall–Kier alpha value is -2.73. The zero-order valence-corrected chi connectivity index (χ0v) is 16.4. The summed E-state index contributed by atoms with van der Waals surface area (Å²) in [5.41, 5.74) is 3.09. The van der Waals surface area contributed by atoms with Crippen molar-refractivity contribution in [1.82, 2.24) is 0 Å². The summed E-state index contributed by atoms with van der Waals surface area (Å²) >= 11 is 0. The molecule has 27 heavy (non-hydrogen) atoms. The van der Waals surface area contributed by atoms with Crippen molar-refractivity contribution in [3.63, 3.8) is 0 Å². The number of hydrogen-bond acceptors (Lipinski definition) is 4. The maximum absolute atomic E-state index is 12.4. The molecule has 1 fully saturated rings. The number of hydrogen-bond donors (Lipinski definition) is 2. The van der Waals surface area contributed by atoms with Crippen LogP contribution in [0.4, 0.5) is 17.1 Å². The third kappa shape index (κ3) is 4.92. The molecule has 144 valence electrons. The predicted octanol–water partition coefficient (Wildman–Crippen LogP) is 1.10.